The maximum atomic E-state index is 9.83. The van der Waals surface area contributed by atoms with Crippen LogP contribution >= 0.6 is 0 Å². The predicted octanol–water partition coefficient (Wildman–Crippen LogP) is 1.22. The van der Waals surface area contributed by atoms with Gasteiger partial charge < -0.3 is 10.4 Å². The maximum Gasteiger partial charge on any atom is 0.0615 e. The molecule has 0 aromatic heterocycles. The summed E-state index contributed by atoms with van der Waals surface area (Å²) in [6.45, 7) is 7.02. The quantitative estimate of drug-likeness (QED) is 0.759. The molecule has 94 valence electrons. The summed E-state index contributed by atoms with van der Waals surface area (Å²) in [6, 6.07) is 0. The topological polar surface area (TPSA) is 35.5 Å². The third kappa shape index (κ3) is 2.41. The van der Waals surface area contributed by atoms with Crippen molar-refractivity contribution in [1.29, 1.82) is 0 Å². The Labute approximate surface area is 99.2 Å². The number of rotatable bonds is 3. The van der Waals surface area contributed by atoms with Crippen LogP contribution in [-0.2, 0) is 0 Å². The lowest BCUT2D eigenvalue weighted by molar-refractivity contribution is 0.00272. The summed E-state index contributed by atoms with van der Waals surface area (Å²) in [5.74, 6) is 0.704. The van der Waals surface area contributed by atoms with Crippen LogP contribution in [0.2, 0.25) is 0 Å². The normalized spacial score (nSPS) is 28.9. The van der Waals surface area contributed by atoms with E-state index in [1.165, 1.54) is 32.1 Å². The molecule has 1 saturated heterocycles. The first-order chi connectivity index (χ1) is 7.77. The van der Waals surface area contributed by atoms with E-state index in [0.717, 1.165) is 26.2 Å². The molecule has 2 aliphatic rings. The smallest absolute Gasteiger partial charge is 0.0615 e. The van der Waals surface area contributed by atoms with E-state index in [2.05, 4.69) is 17.1 Å². The van der Waals surface area contributed by atoms with Crippen molar-refractivity contribution in [2.45, 2.75) is 44.6 Å². The lowest BCUT2D eigenvalue weighted by atomic mass is 9.83. The second kappa shape index (κ2) is 5.48. The molecular formula is C13H26N2O. The second-order valence-electron chi connectivity index (χ2n) is 5.59. The fourth-order valence-corrected chi connectivity index (χ4v) is 3.39. The molecule has 1 aliphatic carbocycles. The number of hydrogen-bond donors (Lipinski definition) is 2. The van der Waals surface area contributed by atoms with Crippen LogP contribution in [0.3, 0.4) is 0 Å². The van der Waals surface area contributed by atoms with Crippen LogP contribution in [0.4, 0.5) is 0 Å². The SMILES string of the molecule is CC(CO)(C1CCCC1)N1CCCNCC1. The van der Waals surface area contributed by atoms with Crippen molar-refractivity contribution in [3.8, 4) is 0 Å². The zero-order chi connectivity index (χ0) is 11.4. The molecule has 1 aliphatic heterocycles. The van der Waals surface area contributed by atoms with Gasteiger partial charge in [-0.25, -0.2) is 0 Å². The van der Waals surface area contributed by atoms with Crippen molar-refractivity contribution in [3.63, 3.8) is 0 Å². The van der Waals surface area contributed by atoms with Gasteiger partial charge in [-0.15, -0.1) is 0 Å². The Bertz CT molecular complexity index is 208. The van der Waals surface area contributed by atoms with Crippen LogP contribution in [-0.4, -0.2) is 48.3 Å². The standard InChI is InChI=1S/C13H26N2O/c1-13(11-16,12-5-2-3-6-12)15-9-4-7-14-8-10-15/h12,14,16H,2-11H2,1H3. The van der Waals surface area contributed by atoms with Crippen LogP contribution in [0.1, 0.15) is 39.0 Å². The zero-order valence-electron chi connectivity index (χ0n) is 10.5. The average molecular weight is 226 g/mol. The highest BCUT2D eigenvalue weighted by Crippen LogP contribution is 2.37. The van der Waals surface area contributed by atoms with Gasteiger partial charge in [-0.2, -0.15) is 0 Å². The summed E-state index contributed by atoms with van der Waals surface area (Å²) in [5, 5.41) is 13.3. The Morgan fingerprint density at radius 2 is 1.94 bits per heavy atom. The summed E-state index contributed by atoms with van der Waals surface area (Å²) in [5.41, 5.74) is 0.0303. The van der Waals surface area contributed by atoms with Crippen molar-refractivity contribution in [2.24, 2.45) is 5.92 Å². The highest BCUT2D eigenvalue weighted by Gasteiger charge is 2.40. The van der Waals surface area contributed by atoms with Crippen molar-refractivity contribution in [2.75, 3.05) is 32.8 Å². The molecule has 0 spiro atoms. The molecular weight excluding hydrogens is 200 g/mol. The molecule has 0 aromatic rings. The van der Waals surface area contributed by atoms with Gasteiger partial charge in [-0.05, 0) is 38.6 Å². The number of hydrogen-bond acceptors (Lipinski definition) is 3. The Hall–Kier alpha value is -0.120. The van der Waals surface area contributed by atoms with Crippen molar-refractivity contribution >= 4 is 0 Å². The third-order valence-electron chi connectivity index (χ3n) is 4.62. The number of aliphatic hydroxyl groups excluding tert-OH is 1. The number of nitrogens with zero attached hydrogens (tertiary/aromatic N) is 1. The van der Waals surface area contributed by atoms with Gasteiger partial charge in [0.05, 0.1) is 6.61 Å². The van der Waals surface area contributed by atoms with Gasteiger partial charge in [0, 0.05) is 25.2 Å². The average Bonchev–Trinajstić information content (AvgIpc) is 2.71. The van der Waals surface area contributed by atoms with Gasteiger partial charge in [0.1, 0.15) is 0 Å². The van der Waals surface area contributed by atoms with Gasteiger partial charge >= 0.3 is 0 Å². The number of nitrogens with one attached hydrogen (secondary N) is 1. The Balaban J connectivity index is 2.05. The van der Waals surface area contributed by atoms with Crippen LogP contribution in [0.5, 0.6) is 0 Å². The minimum atomic E-state index is 0.0303. The van der Waals surface area contributed by atoms with Gasteiger partial charge in [-0.3, -0.25) is 4.90 Å². The molecule has 3 nitrogen and oxygen atoms in total. The Morgan fingerprint density at radius 3 is 2.62 bits per heavy atom. The van der Waals surface area contributed by atoms with E-state index < -0.39 is 0 Å². The molecule has 0 radical (unpaired) electrons. The first-order valence-electron chi connectivity index (χ1n) is 6.84. The van der Waals surface area contributed by atoms with Crippen LogP contribution in [0.15, 0.2) is 0 Å². The van der Waals surface area contributed by atoms with E-state index >= 15 is 0 Å². The molecule has 1 heterocycles. The molecule has 2 rings (SSSR count). The van der Waals surface area contributed by atoms with Crippen molar-refractivity contribution < 1.29 is 5.11 Å². The predicted molar refractivity (Wildman–Crippen MR) is 66.5 cm³/mol. The van der Waals surface area contributed by atoms with Gasteiger partial charge in [-0.1, -0.05) is 12.8 Å². The van der Waals surface area contributed by atoms with E-state index in [4.69, 9.17) is 0 Å². The van der Waals surface area contributed by atoms with E-state index in [1.807, 2.05) is 0 Å². The zero-order valence-corrected chi connectivity index (χ0v) is 10.5. The van der Waals surface area contributed by atoms with E-state index in [9.17, 15) is 5.11 Å². The van der Waals surface area contributed by atoms with Gasteiger partial charge in [0.15, 0.2) is 0 Å². The van der Waals surface area contributed by atoms with E-state index in [0.29, 0.717) is 12.5 Å². The first-order valence-corrected chi connectivity index (χ1v) is 6.84. The molecule has 1 atom stereocenters. The molecule has 16 heavy (non-hydrogen) atoms. The second-order valence-corrected chi connectivity index (χ2v) is 5.59. The maximum absolute atomic E-state index is 9.83. The third-order valence-corrected chi connectivity index (χ3v) is 4.62. The van der Waals surface area contributed by atoms with Crippen molar-refractivity contribution in [1.82, 2.24) is 10.2 Å². The fourth-order valence-electron chi connectivity index (χ4n) is 3.39. The lowest BCUT2D eigenvalue weighted by Crippen LogP contribution is -2.55. The largest absolute Gasteiger partial charge is 0.394 e. The van der Waals surface area contributed by atoms with Gasteiger partial charge in [0.25, 0.3) is 0 Å². The summed E-state index contributed by atoms with van der Waals surface area (Å²) in [7, 11) is 0. The number of aliphatic hydroxyl groups is 1. The lowest BCUT2D eigenvalue weighted by Gasteiger charge is -2.44. The molecule has 0 aromatic carbocycles. The van der Waals surface area contributed by atoms with Crippen molar-refractivity contribution in [3.05, 3.63) is 0 Å². The molecule has 2 fully saturated rings. The monoisotopic (exact) mass is 226 g/mol. The van der Waals surface area contributed by atoms with E-state index in [-0.39, 0.29) is 5.54 Å². The fraction of sp³-hybridized carbons (Fsp3) is 1.00. The van der Waals surface area contributed by atoms with Crippen LogP contribution < -0.4 is 5.32 Å². The highest BCUT2D eigenvalue weighted by atomic mass is 16.3. The molecule has 0 bridgehead atoms. The molecule has 0 amide bonds. The van der Waals surface area contributed by atoms with Crippen LogP contribution in [0.25, 0.3) is 0 Å². The highest BCUT2D eigenvalue weighted by molar-refractivity contribution is 4.95. The van der Waals surface area contributed by atoms with E-state index in [1.54, 1.807) is 0 Å². The molecule has 3 heteroatoms. The Morgan fingerprint density at radius 1 is 1.19 bits per heavy atom. The summed E-state index contributed by atoms with van der Waals surface area (Å²) in [4.78, 5) is 2.53. The summed E-state index contributed by atoms with van der Waals surface area (Å²) in [6.07, 6.45) is 6.53. The Kier molecular flexibility index (Phi) is 4.22. The molecule has 2 N–H and O–H groups in total. The van der Waals surface area contributed by atoms with Gasteiger partial charge in [0.2, 0.25) is 0 Å². The minimum absolute atomic E-state index is 0.0303. The first kappa shape index (κ1) is 12.3. The summed E-state index contributed by atoms with van der Waals surface area (Å²) < 4.78 is 0. The minimum Gasteiger partial charge on any atom is -0.394 e. The molecule has 1 saturated carbocycles. The molecule has 1 unspecified atom stereocenters. The van der Waals surface area contributed by atoms with Crippen LogP contribution in [0, 0.1) is 5.92 Å². The summed E-state index contributed by atoms with van der Waals surface area (Å²) >= 11 is 0.